The molecular weight excluding hydrogens is 196 g/mol. The highest BCUT2D eigenvalue weighted by Gasteiger charge is 2.11. The number of halogens is 1. The van der Waals surface area contributed by atoms with Crippen molar-refractivity contribution in [1.82, 2.24) is 4.98 Å². The molecule has 1 N–H and O–H groups in total. The first-order valence-corrected chi connectivity index (χ1v) is 4.78. The van der Waals surface area contributed by atoms with E-state index in [0.29, 0.717) is 0 Å². The molecular formula is C7H9ClN2OS. The van der Waals surface area contributed by atoms with Crippen molar-refractivity contribution in [1.29, 1.82) is 0 Å². The number of carbonyl (C=O) groups is 1. The predicted molar refractivity (Wildman–Crippen MR) is 50.8 cm³/mol. The maximum atomic E-state index is 11.1. The third-order valence-electron chi connectivity index (χ3n) is 1.34. The molecule has 1 aromatic rings. The van der Waals surface area contributed by atoms with Crippen LogP contribution >= 0.6 is 22.9 Å². The van der Waals surface area contributed by atoms with Gasteiger partial charge in [0.2, 0.25) is 5.91 Å². The third kappa shape index (κ3) is 2.19. The average molecular weight is 205 g/mol. The molecule has 3 nitrogen and oxygen atoms in total. The summed E-state index contributed by atoms with van der Waals surface area (Å²) in [6.07, 6.45) is 0. The highest BCUT2D eigenvalue weighted by Crippen LogP contribution is 2.19. The molecule has 1 heterocycles. The van der Waals surface area contributed by atoms with Crippen LogP contribution in [0.15, 0.2) is 5.51 Å². The Morgan fingerprint density at radius 1 is 1.83 bits per heavy atom. The zero-order chi connectivity index (χ0) is 9.14. The fourth-order valence-electron chi connectivity index (χ4n) is 0.633. The van der Waals surface area contributed by atoms with E-state index < -0.39 is 5.38 Å². The summed E-state index contributed by atoms with van der Waals surface area (Å²) in [5, 5.41) is 2.94. The molecule has 0 saturated carbocycles. The fraction of sp³-hybridized carbons (Fsp3) is 0.429. The molecule has 12 heavy (non-hydrogen) atoms. The van der Waals surface area contributed by atoms with Crippen molar-refractivity contribution in [2.45, 2.75) is 19.2 Å². The molecule has 1 atom stereocenters. The Labute approximate surface area is 79.8 Å². The Hall–Kier alpha value is -0.610. The molecule has 1 rings (SSSR count). The van der Waals surface area contributed by atoms with Crippen molar-refractivity contribution < 1.29 is 4.79 Å². The van der Waals surface area contributed by atoms with Crippen LogP contribution in [-0.2, 0) is 4.79 Å². The standard InChI is InChI=1S/C7H9ClN2OS/c1-4(8)6(11)10-7-5(2)9-3-12-7/h3-4H,1-2H3,(H,10,11). The summed E-state index contributed by atoms with van der Waals surface area (Å²) < 4.78 is 0. The Balaban J connectivity index is 2.64. The third-order valence-corrected chi connectivity index (χ3v) is 2.39. The lowest BCUT2D eigenvalue weighted by Crippen LogP contribution is -2.20. The van der Waals surface area contributed by atoms with Crippen LogP contribution in [0.3, 0.4) is 0 Å². The quantitative estimate of drug-likeness (QED) is 0.749. The molecule has 0 aliphatic rings. The largest absolute Gasteiger partial charge is 0.315 e. The first-order valence-electron chi connectivity index (χ1n) is 3.46. The van der Waals surface area contributed by atoms with Gasteiger partial charge in [-0.25, -0.2) is 4.98 Å². The van der Waals surface area contributed by atoms with E-state index in [1.807, 2.05) is 6.92 Å². The highest BCUT2D eigenvalue weighted by atomic mass is 35.5. The number of nitrogens with one attached hydrogen (secondary N) is 1. The van der Waals surface area contributed by atoms with Gasteiger partial charge in [-0.2, -0.15) is 0 Å². The molecule has 1 aromatic heterocycles. The normalized spacial score (nSPS) is 12.6. The smallest absolute Gasteiger partial charge is 0.242 e. The van der Waals surface area contributed by atoms with E-state index in [9.17, 15) is 4.79 Å². The van der Waals surface area contributed by atoms with Gasteiger partial charge >= 0.3 is 0 Å². The lowest BCUT2D eigenvalue weighted by atomic mass is 10.4. The van der Waals surface area contributed by atoms with Gasteiger partial charge in [0, 0.05) is 0 Å². The number of hydrogen-bond donors (Lipinski definition) is 1. The van der Waals surface area contributed by atoms with Crippen molar-refractivity contribution in [2.75, 3.05) is 5.32 Å². The maximum absolute atomic E-state index is 11.1. The van der Waals surface area contributed by atoms with Crippen molar-refractivity contribution in [2.24, 2.45) is 0 Å². The minimum atomic E-state index is -0.508. The number of nitrogens with zero attached hydrogens (tertiary/aromatic N) is 1. The van der Waals surface area contributed by atoms with Gasteiger partial charge < -0.3 is 5.32 Å². The topological polar surface area (TPSA) is 42.0 Å². The van der Waals surface area contributed by atoms with E-state index in [-0.39, 0.29) is 5.91 Å². The minimum Gasteiger partial charge on any atom is -0.315 e. The Kier molecular flexibility index (Phi) is 3.05. The molecule has 1 amide bonds. The number of thiazole rings is 1. The van der Waals surface area contributed by atoms with E-state index in [1.54, 1.807) is 12.4 Å². The molecule has 1 unspecified atom stereocenters. The van der Waals surface area contributed by atoms with Crippen molar-refractivity contribution in [3.63, 3.8) is 0 Å². The van der Waals surface area contributed by atoms with Crippen LogP contribution in [0.25, 0.3) is 0 Å². The molecule has 0 aliphatic carbocycles. The maximum Gasteiger partial charge on any atom is 0.242 e. The molecule has 0 aliphatic heterocycles. The number of rotatable bonds is 2. The molecule has 0 saturated heterocycles. The number of hydrogen-bond acceptors (Lipinski definition) is 3. The van der Waals surface area contributed by atoms with Crippen molar-refractivity contribution in [3.05, 3.63) is 11.2 Å². The molecule has 0 fully saturated rings. The van der Waals surface area contributed by atoms with Gasteiger partial charge in [0.25, 0.3) is 0 Å². The summed E-state index contributed by atoms with van der Waals surface area (Å²) in [5.74, 6) is -0.191. The van der Waals surface area contributed by atoms with Gasteiger partial charge in [0.1, 0.15) is 10.4 Å². The highest BCUT2D eigenvalue weighted by molar-refractivity contribution is 7.14. The first kappa shape index (κ1) is 9.48. The first-order chi connectivity index (χ1) is 5.61. The van der Waals surface area contributed by atoms with Gasteiger partial charge in [-0.1, -0.05) is 0 Å². The van der Waals surface area contributed by atoms with Gasteiger partial charge in [-0.3, -0.25) is 4.79 Å². The van der Waals surface area contributed by atoms with E-state index >= 15 is 0 Å². The van der Waals surface area contributed by atoms with Crippen LogP contribution in [0, 0.1) is 6.92 Å². The van der Waals surface area contributed by atoms with Gasteiger partial charge in [-0.15, -0.1) is 22.9 Å². The van der Waals surface area contributed by atoms with Crippen LogP contribution in [0.2, 0.25) is 0 Å². The molecule has 66 valence electrons. The SMILES string of the molecule is Cc1ncsc1NC(=O)C(C)Cl. The van der Waals surface area contributed by atoms with Crippen LogP contribution in [0.4, 0.5) is 5.00 Å². The number of anilines is 1. The Bertz CT molecular complexity index is 285. The monoisotopic (exact) mass is 204 g/mol. The lowest BCUT2D eigenvalue weighted by molar-refractivity contribution is -0.115. The molecule has 5 heteroatoms. The van der Waals surface area contributed by atoms with Crippen LogP contribution in [0.1, 0.15) is 12.6 Å². The predicted octanol–water partition coefficient (Wildman–Crippen LogP) is 2.02. The molecule has 0 bridgehead atoms. The van der Waals surface area contributed by atoms with Gasteiger partial charge in [0.05, 0.1) is 11.2 Å². The Morgan fingerprint density at radius 2 is 2.50 bits per heavy atom. The molecule has 0 aromatic carbocycles. The van der Waals surface area contributed by atoms with Crippen LogP contribution in [-0.4, -0.2) is 16.3 Å². The van der Waals surface area contributed by atoms with Crippen LogP contribution < -0.4 is 5.32 Å². The number of amides is 1. The minimum absolute atomic E-state index is 0.191. The van der Waals surface area contributed by atoms with E-state index in [1.165, 1.54) is 11.3 Å². The second-order valence-corrected chi connectivity index (χ2v) is 3.88. The number of aryl methyl sites for hydroxylation is 1. The van der Waals surface area contributed by atoms with Crippen molar-refractivity contribution >= 4 is 33.8 Å². The summed E-state index contributed by atoms with van der Waals surface area (Å²) >= 11 is 6.96. The van der Waals surface area contributed by atoms with Gasteiger partial charge in [-0.05, 0) is 13.8 Å². The van der Waals surface area contributed by atoms with E-state index in [0.717, 1.165) is 10.7 Å². The summed E-state index contributed by atoms with van der Waals surface area (Å²) in [7, 11) is 0. The fourth-order valence-corrected chi connectivity index (χ4v) is 1.39. The lowest BCUT2D eigenvalue weighted by Gasteiger charge is -2.03. The van der Waals surface area contributed by atoms with E-state index in [2.05, 4.69) is 10.3 Å². The van der Waals surface area contributed by atoms with Crippen LogP contribution in [0.5, 0.6) is 0 Å². The summed E-state index contributed by atoms with van der Waals surface area (Å²) in [6, 6.07) is 0. The molecule has 0 spiro atoms. The average Bonchev–Trinajstić information content (AvgIpc) is 2.36. The number of carbonyl (C=O) groups excluding carboxylic acids is 1. The van der Waals surface area contributed by atoms with Gasteiger partial charge in [0.15, 0.2) is 0 Å². The second kappa shape index (κ2) is 3.87. The number of alkyl halides is 1. The summed E-state index contributed by atoms with van der Waals surface area (Å²) in [4.78, 5) is 15.1. The molecule has 0 radical (unpaired) electrons. The zero-order valence-corrected chi connectivity index (χ0v) is 8.37. The van der Waals surface area contributed by atoms with E-state index in [4.69, 9.17) is 11.6 Å². The number of aromatic nitrogens is 1. The Morgan fingerprint density at radius 3 is 2.92 bits per heavy atom. The summed E-state index contributed by atoms with van der Waals surface area (Å²) in [5.41, 5.74) is 2.51. The zero-order valence-electron chi connectivity index (χ0n) is 6.80. The second-order valence-electron chi connectivity index (χ2n) is 2.37. The summed E-state index contributed by atoms with van der Waals surface area (Å²) in [6.45, 7) is 3.47. The van der Waals surface area contributed by atoms with Crippen molar-refractivity contribution in [3.8, 4) is 0 Å².